The summed E-state index contributed by atoms with van der Waals surface area (Å²) in [5.74, 6) is -0.461. The molecular formula is C19H19N3O3. The topological polar surface area (TPSA) is 73.2 Å². The molecule has 1 aromatic heterocycles. The second kappa shape index (κ2) is 7.61. The molecule has 128 valence electrons. The molecule has 0 atom stereocenters. The van der Waals surface area contributed by atoms with Crippen LogP contribution in [0.25, 0.3) is 10.9 Å². The van der Waals surface area contributed by atoms with Crippen molar-refractivity contribution in [1.82, 2.24) is 15.1 Å². The van der Waals surface area contributed by atoms with Gasteiger partial charge in [-0.1, -0.05) is 30.3 Å². The van der Waals surface area contributed by atoms with Gasteiger partial charge in [0.25, 0.3) is 0 Å². The van der Waals surface area contributed by atoms with Gasteiger partial charge in [0.2, 0.25) is 5.91 Å². The number of fused-ring (bicyclic) bond motifs is 1. The Hall–Kier alpha value is -3.15. The number of nitrogens with zero attached hydrogens (tertiary/aromatic N) is 2. The van der Waals surface area contributed by atoms with E-state index in [0.29, 0.717) is 18.7 Å². The number of ether oxygens (including phenoxy) is 1. The Labute approximate surface area is 145 Å². The predicted molar refractivity (Wildman–Crippen MR) is 94.0 cm³/mol. The molecule has 0 spiro atoms. The lowest BCUT2D eigenvalue weighted by atomic mass is 10.1. The van der Waals surface area contributed by atoms with E-state index in [9.17, 15) is 9.59 Å². The molecule has 0 aliphatic rings. The van der Waals surface area contributed by atoms with Crippen LogP contribution in [0.15, 0.2) is 54.7 Å². The summed E-state index contributed by atoms with van der Waals surface area (Å²) in [6.45, 7) is 2.66. The van der Waals surface area contributed by atoms with Crippen molar-refractivity contribution in [2.45, 2.75) is 20.0 Å². The summed E-state index contributed by atoms with van der Waals surface area (Å²) >= 11 is 0. The maximum atomic E-state index is 12.1. The van der Waals surface area contributed by atoms with E-state index in [1.807, 2.05) is 28.9 Å². The summed E-state index contributed by atoms with van der Waals surface area (Å²) in [7, 11) is 0. The SMILES string of the molecule is CC(=O)NCc1ccc(C(=O)OCCn2ncc3ccccc32)cc1. The van der Waals surface area contributed by atoms with Gasteiger partial charge in [-0.2, -0.15) is 5.10 Å². The summed E-state index contributed by atoms with van der Waals surface area (Å²) in [6, 6.07) is 14.9. The Morgan fingerprint density at radius 2 is 1.88 bits per heavy atom. The van der Waals surface area contributed by atoms with Gasteiger partial charge in [-0.3, -0.25) is 9.48 Å². The summed E-state index contributed by atoms with van der Waals surface area (Å²) in [6.07, 6.45) is 1.80. The van der Waals surface area contributed by atoms with Crippen molar-refractivity contribution in [2.75, 3.05) is 6.61 Å². The lowest BCUT2D eigenvalue weighted by Crippen LogP contribution is -2.19. The van der Waals surface area contributed by atoms with Crippen molar-refractivity contribution < 1.29 is 14.3 Å². The van der Waals surface area contributed by atoms with Crippen LogP contribution in [-0.4, -0.2) is 28.3 Å². The van der Waals surface area contributed by atoms with Crippen molar-refractivity contribution in [3.63, 3.8) is 0 Å². The Kier molecular flexibility index (Phi) is 5.09. The van der Waals surface area contributed by atoms with E-state index in [2.05, 4.69) is 10.4 Å². The Morgan fingerprint density at radius 1 is 1.12 bits per heavy atom. The van der Waals surface area contributed by atoms with E-state index in [1.54, 1.807) is 30.5 Å². The second-order valence-electron chi connectivity index (χ2n) is 5.67. The molecule has 1 heterocycles. The van der Waals surface area contributed by atoms with Crippen LogP contribution >= 0.6 is 0 Å². The van der Waals surface area contributed by atoms with Crippen LogP contribution in [0.4, 0.5) is 0 Å². The van der Waals surface area contributed by atoms with Crippen molar-refractivity contribution in [3.8, 4) is 0 Å². The highest BCUT2D eigenvalue weighted by atomic mass is 16.5. The fourth-order valence-electron chi connectivity index (χ4n) is 2.50. The van der Waals surface area contributed by atoms with Crippen LogP contribution in [0.2, 0.25) is 0 Å². The summed E-state index contributed by atoms with van der Waals surface area (Å²) in [4.78, 5) is 23.0. The average molecular weight is 337 g/mol. The monoisotopic (exact) mass is 337 g/mol. The quantitative estimate of drug-likeness (QED) is 0.702. The van der Waals surface area contributed by atoms with Gasteiger partial charge in [0.05, 0.1) is 23.8 Å². The number of benzene rings is 2. The van der Waals surface area contributed by atoms with E-state index in [-0.39, 0.29) is 18.5 Å². The van der Waals surface area contributed by atoms with Crippen LogP contribution in [0, 0.1) is 0 Å². The third-order valence-corrected chi connectivity index (χ3v) is 3.82. The summed E-state index contributed by atoms with van der Waals surface area (Å²) < 4.78 is 7.14. The number of hydrogen-bond acceptors (Lipinski definition) is 4. The van der Waals surface area contributed by atoms with Crippen molar-refractivity contribution in [2.24, 2.45) is 0 Å². The lowest BCUT2D eigenvalue weighted by Gasteiger charge is -2.07. The Bertz CT molecular complexity index is 884. The first-order valence-electron chi connectivity index (χ1n) is 8.04. The Morgan fingerprint density at radius 3 is 2.64 bits per heavy atom. The molecule has 3 rings (SSSR count). The van der Waals surface area contributed by atoms with Crippen molar-refractivity contribution >= 4 is 22.8 Å². The number of hydrogen-bond donors (Lipinski definition) is 1. The molecule has 6 heteroatoms. The van der Waals surface area contributed by atoms with Crippen LogP contribution in [-0.2, 0) is 22.6 Å². The first kappa shape index (κ1) is 16.7. The van der Waals surface area contributed by atoms with Crippen LogP contribution in [0.3, 0.4) is 0 Å². The minimum absolute atomic E-state index is 0.0883. The molecule has 0 saturated heterocycles. The maximum absolute atomic E-state index is 12.1. The largest absolute Gasteiger partial charge is 0.460 e. The van der Waals surface area contributed by atoms with Gasteiger partial charge < -0.3 is 10.1 Å². The van der Waals surface area contributed by atoms with Gasteiger partial charge in [-0.05, 0) is 23.8 Å². The number of aromatic nitrogens is 2. The van der Waals surface area contributed by atoms with Gasteiger partial charge in [0, 0.05) is 18.9 Å². The summed E-state index contributed by atoms with van der Waals surface area (Å²) in [5, 5.41) is 8.07. The van der Waals surface area contributed by atoms with Gasteiger partial charge >= 0.3 is 5.97 Å². The smallest absolute Gasteiger partial charge is 0.338 e. The number of para-hydroxylation sites is 1. The molecule has 2 aromatic carbocycles. The molecule has 3 aromatic rings. The number of amides is 1. The molecular weight excluding hydrogens is 318 g/mol. The molecule has 6 nitrogen and oxygen atoms in total. The third kappa shape index (κ3) is 4.23. The average Bonchev–Trinajstić information content (AvgIpc) is 3.03. The standard InChI is InChI=1S/C19H19N3O3/c1-14(23)20-12-15-6-8-16(9-7-15)19(24)25-11-10-22-18-5-3-2-4-17(18)13-21-22/h2-9,13H,10-12H2,1H3,(H,20,23). The van der Waals surface area contributed by atoms with Crippen LogP contribution in [0.1, 0.15) is 22.8 Å². The normalized spacial score (nSPS) is 10.6. The molecule has 1 N–H and O–H groups in total. The number of carbonyl (C=O) groups is 2. The molecule has 25 heavy (non-hydrogen) atoms. The highest BCUT2D eigenvalue weighted by molar-refractivity contribution is 5.89. The zero-order valence-corrected chi connectivity index (χ0v) is 13.9. The minimum atomic E-state index is -0.373. The maximum Gasteiger partial charge on any atom is 0.338 e. The number of carbonyl (C=O) groups excluding carboxylic acids is 2. The fraction of sp³-hybridized carbons (Fsp3) is 0.211. The number of nitrogens with one attached hydrogen (secondary N) is 1. The fourth-order valence-corrected chi connectivity index (χ4v) is 2.50. The van der Waals surface area contributed by atoms with Gasteiger partial charge in [0.15, 0.2) is 0 Å². The predicted octanol–water partition coefficient (Wildman–Crippen LogP) is 2.53. The van der Waals surface area contributed by atoms with Crippen molar-refractivity contribution in [3.05, 3.63) is 65.9 Å². The highest BCUT2D eigenvalue weighted by Gasteiger charge is 2.08. The van der Waals surface area contributed by atoms with Crippen molar-refractivity contribution in [1.29, 1.82) is 0 Å². The molecule has 0 bridgehead atoms. The first-order valence-corrected chi connectivity index (χ1v) is 8.04. The lowest BCUT2D eigenvalue weighted by molar-refractivity contribution is -0.119. The molecule has 0 aliphatic carbocycles. The minimum Gasteiger partial charge on any atom is -0.460 e. The number of rotatable bonds is 6. The van der Waals surface area contributed by atoms with Gasteiger partial charge in [-0.25, -0.2) is 4.79 Å². The van der Waals surface area contributed by atoms with Gasteiger partial charge in [0.1, 0.15) is 6.61 Å². The molecule has 0 saturated carbocycles. The molecule has 0 fully saturated rings. The zero-order chi connectivity index (χ0) is 17.6. The molecule has 0 unspecified atom stereocenters. The van der Waals surface area contributed by atoms with E-state index in [1.165, 1.54) is 6.92 Å². The molecule has 1 amide bonds. The second-order valence-corrected chi connectivity index (χ2v) is 5.67. The van der Waals surface area contributed by atoms with Crippen LogP contribution in [0.5, 0.6) is 0 Å². The molecule has 0 radical (unpaired) electrons. The molecule has 0 aliphatic heterocycles. The number of esters is 1. The highest BCUT2D eigenvalue weighted by Crippen LogP contribution is 2.12. The third-order valence-electron chi connectivity index (χ3n) is 3.82. The van der Waals surface area contributed by atoms with Crippen LogP contribution < -0.4 is 5.32 Å². The van der Waals surface area contributed by atoms with E-state index in [0.717, 1.165) is 16.5 Å². The van der Waals surface area contributed by atoms with Gasteiger partial charge in [-0.15, -0.1) is 0 Å². The summed E-state index contributed by atoms with van der Waals surface area (Å²) in [5.41, 5.74) is 2.42. The first-order chi connectivity index (χ1) is 12.1. The Balaban J connectivity index is 1.53. The van der Waals surface area contributed by atoms with E-state index < -0.39 is 0 Å². The zero-order valence-electron chi connectivity index (χ0n) is 13.9. The van der Waals surface area contributed by atoms with E-state index in [4.69, 9.17) is 4.74 Å². The van der Waals surface area contributed by atoms with E-state index >= 15 is 0 Å².